The van der Waals surface area contributed by atoms with Crippen molar-refractivity contribution < 1.29 is 9.47 Å². The lowest BCUT2D eigenvalue weighted by atomic mass is 10.2. The average molecular weight is 385 g/mol. The van der Waals surface area contributed by atoms with Crippen LogP contribution in [0.2, 0.25) is 0 Å². The third-order valence-corrected chi connectivity index (χ3v) is 4.83. The van der Waals surface area contributed by atoms with Gasteiger partial charge in [0.2, 0.25) is 0 Å². The van der Waals surface area contributed by atoms with E-state index in [9.17, 15) is 0 Å². The summed E-state index contributed by atoms with van der Waals surface area (Å²) in [5, 5.41) is 7.05. The van der Waals surface area contributed by atoms with Crippen LogP contribution in [0.5, 0.6) is 11.5 Å². The molecule has 0 fully saturated rings. The Bertz CT molecular complexity index is 653. The number of fused-ring (bicyclic) bond motifs is 2. The third kappa shape index (κ3) is 6.49. The second-order valence-corrected chi connectivity index (χ2v) is 6.90. The van der Waals surface area contributed by atoms with Crippen molar-refractivity contribution in [1.82, 2.24) is 15.5 Å². The average Bonchev–Trinajstić information content (AvgIpc) is 2.73. The molecule has 0 saturated carbocycles. The van der Waals surface area contributed by atoms with Crippen molar-refractivity contribution >= 4 is 0 Å². The molecule has 6 nitrogen and oxygen atoms in total. The molecule has 0 aliphatic carbocycles. The number of ether oxygens (including phenoxy) is 2. The molecular weight excluding hydrogens is 352 g/mol. The molecule has 1 heterocycles. The fourth-order valence-corrected chi connectivity index (χ4v) is 3.32. The van der Waals surface area contributed by atoms with Crippen LogP contribution in [0.3, 0.4) is 0 Å². The van der Waals surface area contributed by atoms with Gasteiger partial charge >= 0.3 is 0 Å². The van der Waals surface area contributed by atoms with Gasteiger partial charge < -0.3 is 25.8 Å². The van der Waals surface area contributed by atoms with E-state index in [0.29, 0.717) is 19.8 Å². The summed E-state index contributed by atoms with van der Waals surface area (Å²) in [6.07, 6.45) is 0. The van der Waals surface area contributed by atoms with Crippen molar-refractivity contribution in [3.8, 4) is 11.5 Å². The first-order valence-electron chi connectivity index (χ1n) is 10.1. The lowest BCUT2D eigenvalue weighted by molar-refractivity contribution is 0.214. The lowest BCUT2D eigenvalue weighted by Crippen LogP contribution is -2.39. The summed E-state index contributed by atoms with van der Waals surface area (Å²) in [5.74, 6) is 1.83. The Labute approximate surface area is 168 Å². The minimum absolute atomic E-state index is 0.517. The van der Waals surface area contributed by atoms with E-state index in [1.54, 1.807) is 0 Å². The monoisotopic (exact) mass is 384 g/mol. The smallest absolute Gasteiger partial charge is 0.123 e. The minimum Gasteiger partial charge on any atom is -0.490 e. The van der Waals surface area contributed by atoms with E-state index in [4.69, 9.17) is 15.2 Å². The van der Waals surface area contributed by atoms with Crippen LogP contribution in [-0.4, -0.2) is 57.4 Å². The maximum atomic E-state index is 5.98. The van der Waals surface area contributed by atoms with Gasteiger partial charge in [0.1, 0.15) is 24.7 Å². The number of nitrogens with two attached hydrogens (primary N) is 1. The molecule has 0 saturated heterocycles. The fourth-order valence-electron chi connectivity index (χ4n) is 3.32. The molecule has 4 N–H and O–H groups in total. The molecule has 0 atom stereocenters. The molecule has 28 heavy (non-hydrogen) atoms. The molecule has 1 aliphatic heterocycles. The van der Waals surface area contributed by atoms with Crippen LogP contribution in [0.15, 0.2) is 48.5 Å². The zero-order chi connectivity index (χ0) is 19.4. The lowest BCUT2D eigenvalue weighted by Gasteiger charge is -2.22. The largest absolute Gasteiger partial charge is 0.490 e. The number of para-hydroxylation sites is 2. The summed E-state index contributed by atoms with van der Waals surface area (Å²) in [5.41, 5.74) is 8.12. The van der Waals surface area contributed by atoms with E-state index in [1.165, 1.54) is 11.1 Å². The van der Waals surface area contributed by atoms with Gasteiger partial charge in [-0.1, -0.05) is 36.4 Å². The Hall–Kier alpha value is -2.12. The number of nitrogens with zero attached hydrogens (tertiary/aromatic N) is 1. The highest BCUT2D eigenvalue weighted by atomic mass is 16.5. The molecule has 1 aliphatic rings. The summed E-state index contributed by atoms with van der Waals surface area (Å²) in [4.78, 5) is 2.39. The van der Waals surface area contributed by atoms with Gasteiger partial charge in [-0.15, -0.1) is 0 Å². The zero-order valence-corrected chi connectivity index (χ0v) is 16.5. The van der Waals surface area contributed by atoms with Crippen molar-refractivity contribution in [1.29, 1.82) is 0 Å². The minimum atomic E-state index is 0.517. The Morgan fingerprint density at radius 2 is 1.29 bits per heavy atom. The van der Waals surface area contributed by atoms with Gasteiger partial charge in [-0.05, 0) is 12.1 Å². The molecule has 0 amide bonds. The number of hydrogen-bond donors (Lipinski definition) is 3. The fraction of sp³-hybridized carbons (Fsp3) is 0.455. The van der Waals surface area contributed by atoms with Crippen molar-refractivity contribution in [3.05, 3.63) is 59.7 Å². The highest BCUT2D eigenvalue weighted by molar-refractivity contribution is 5.34. The van der Waals surface area contributed by atoms with Gasteiger partial charge in [0.15, 0.2) is 0 Å². The van der Waals surface area contributed by atoms with Gasteiger partial charge in [-0.3, -0.25) is 4.90 Å². The summed E-state index contributed by atoms with van der Waals surface area (Å²) in [6, 6.07) is 16.4. The van der Waals surface area contributed by atoms with Crippen molar-refractivity contribution in [3.63, 3.8) is 0 Å². The summed E-state index contributed by atoms with van der Waals surface area (Å²) in [7, 11) is 0. The summed E-state index contributed by atoms with van der Waals surface area (Å²) < 4.78 is 12.0. The maximum Gasteiger partial charge on any atom is 0.123 e. The van der Waals surface area contributed by atoms with E-state index in [2.05, 4.69) is 27.7 Å². The standard InChI is InChI=1S/C22H32N4O2/c23-9-12-26-13-10-24-17-19-5-1-3-7-21(19)27-15-16-28-22-8-4-2-6-20(22)18-25-11-14-26/h1-8,24-25H,9-18,23H2. The topological polar surface area (TPSA) is 71.8 Å². The van der Waals surface area contributed by atoms with Crippen molar-refractivity contribution in [2.24, 2.45) is 5.73 Å². The number of nitrogens with one attached hydrogen (secondary N) is 2. The second-order valence-electron chi connectivity index (χ2n) is 6.90. The first-order chi connectivity index (χ1) is 13.9. The molecule has 0 radical (unpaired) electrons. The Morgan fingerprint density at radius 1 is 0.786 bits per heavy atom. The van der Waals surface area contributed by atoms with Crippen LogP contribution in [0.4, 0.5) is 0 Å². The summed E-state index contributed by atoms with van der Waals surface area (Å²) >= 11 is 0. The Morgan fingerprint density at radius 3 is 1.79 bits per heavy atom. The zero-order valence-electron chi connectivity index (χ0n) is 16.5. The first kappa shape index (κ1) is 20.6. The first-order valence-corrected chi connectivity index (χ1v) is 10.1. The van der Waals surface area contributed by atoms with Crippen molar-refractivity contribution in [2.45, 2.75) is 13.1 Å². The van der Waals surface area contributed by atoms with E-state index >= 15 is 0 Å². The highest BCUT2D eigenvalue weighted by Gasteiger charge is 2.08. The third-order valence-electron chi connectivity index (χ3n) is 4.83. The second kappa shape index (κ2) is 11.7. The Kier molecular flexibility index (Phi) is 8.58. The maximum absolute atomic E-state index is 5.98. The van der Waals surface area contributed by atoms with Crippen LogP contribution < -0.4 is 25.8 Å². The van der Waals surface area contributed by atoms with Gasteiger partial charge in [-0.25, -0.2) is 0 Å². The molecule has 2 aromatic rings. The highest BCUT2D eigenvalue weighted by Crippen LogP contribution is 2.19. The molecule has 152 valence electrons. The molecular formula is C22H32N4O2. The SMILES string of the molecule is NCCN1CCNCc2ccccc2OCCOc2ccccc2CNCC1. The van der Waals surface area contributed by atoms with E-state index < -0.39 is 0 Å². The molecule has 3 rings (SSSR count). The van der Waals surface area contributed by atoms with Crippen LogP contribution in [-0.2, 0) is 13.1 Å². The number of benzene rings is 2. The molecule has 0 aromatic heterocycles. The molecule has 0 bridgehead atoms. The quantitative estimate of drug-likeness (QED) is 0.731. The molecule has 2 aromatic carbocycles. The summed E-state index contributed by atoms with van der Waals surface area (Å²) in [6.45, 7) is 7.97. The van der Waals surface area contributed by atoms with E-state index in [-0.39, 0.29) is 0 Å². The van der Waals surface area contributed by atoms with Gasteiger partial charge in [0.25, 0.3) is 0 Å². The normalized spacial score (nSPS) is 17.5. The molecule has 0 unspecified atom stereocenters. The van der Waals surface area contributed by atoms with Crippen LogP contribution in [0.25, 0.3) is 0 Å². The predicted octanol–water partition coefficient (Wildman–Crippen LogP) is 1.60. The number of hydrogen-bond acceptors (Lipinski definition) is 6. The van der Waals surface area contributed by atoms with Gasteiger partial charge in [0, 0.05) is 63.5 Å². The van der Waals surface area contributed by atoms with E-state index in [1.807, 2.05) is 36.4 Å². The van der Waals surface area contributed by atoms with Crippen LogP contribution >= 0.6 is 0 Å². The van der Waals surface area contributed by atoms with Crippen LogP contribution in [0, 0.1) is 0 Å². The molecule has 0 spiro atoms. The molecule has 6 heteroatoms. The Balaban J connectivity index is 1.68. The van der Waals surface area contributed by atoms with Gasteiger partial charge in [-0.2, -0.15) is 0 Å². The van der Waals surface area contributed by atoms with E-state index in [0.717, 1.165) is 57.3 Å². The number of rotatable bonds is 2. The predicted molar refractivity (Wildman–Crippen MR) is 113 cm³/mol. The van der Waals surface area contributed by atoms with Gasteiger partial charge in [0.05, 0.1) is 0 Å². The van der Waals surface area contributed by atoms with Crippen LogP contribution in [0.1, 0.15) is 11.1 Å². The van der Waals surface area contributed by atoms with Crippen molar-refractivity contribution in [2.75, 3.05) is 52.5 Å².